The van der Waals surface area contributed by atoms with E-state index in [0.717, 1.165) is 57.8 Å². The molecule has 0 aliphatic rings. The van der Waals surface area contributed by atoms with Crippen LogP contribution in [-0.4, -0.2) is 142 Å². The fourth-order valence-corrected chi connectivity index (χ4v) is 9.22. The van der Waals surface area contributed by atoms with Gasteiger partial charge in [-0.2, -0.15) is 0 Å². The van der Waals surface area contributed by atoms with Gasteiger partial charge in [-0.3, -0.25) is 27.7 Å². The summed E-state index contributed by atoms with van der Waals surface area (Å²) < 4.78 is 59.7. The fraction of sp³-hybridized carbons (Fsp3) is 0.793. The number of nitrogens with zero attached hydrogens (tertiary/aromatic N) is 2. The highest BCUT2D eigenvalue weighted by Crippen LogP contribution is 2.46. The number of Topliss-reactive ketones (excluding diaryl/α,β-unsaturated/α-hetero) is 1. The van der Waals surface area contributed by atoms with E-state index >= 15 is 0 Å². The number of hydrogen-bond donors (Lipinski definition) is 3. The Morgan fingerprint density at radius 1 is 0.493 bits per heavy atom. The minimum absolute atomic E-state index is 0.0371. The Hall–Kier alpha value is -2.10. The standard InChI is InChI=1S/C58H108N2O13P2/c1-9-11-13-15-17-19-21-23-25-27-28-30-32-34-36-38-40-42-44-46-57(63)72-54(53-71-74(64,65)69-49-47-59(3,4)5)52-68-58(56(51-61)73-75(66,67)70-50-48-60(6,7)8)55(62)45-43-41-39-37-35-33-31-29-26-24-22-20-18-16-14-12-10-2/h18,20,23-26,31,33,37,39,54,56,58,61H,9-17,19,21-22,27-30,32,34-36,38,40-53H2,1-8H3/p+2/t54-,56-,58?/m0/s1. The third-order valence-electron chi connectivity index (χ3n) is 12.2. The molecular weight excluding hydrogens is 995 g/mol. The zero-order valence-corrected chi connectivity index (χ0v) is 50.3. The summed E-state index contributed by atoms with van der Waals surface area (Å²) in [6, 6.07) is 0. The van der Waals surface area contributed by atoms with Gasteiger partial charge in [0.25, 0.3) is 0 Å². The van der Waals surface area contributed by atoms with Crippen molar-refractivity contribution in [2.75, 3.05) is 88.4 Å². The molecule has 3 unspecified atom stereocenters. The summed E-state index contributed by atoms with van der Waals surface area (Å²) in [5.74, 6) is -1.13. The van der Waals surface area contributed by atoms with Crippen molar-refractivity contribution >= 4 is 27.4 Å². The number of ketones is 1. The van der Waals surface area contributed by atoms with Gasteiger partial charge in [0.15, 0.2) is 5.78 Å². The average Bonchev–Trinajstić information content (AvgIpc) is 3.33. The number of hydrogen-bond acceptors (Lipinski definition) is 11. The SMILES string of the molecule is CCCCCC=CCC=CCC=CCC=CCCCC(=O)C(OC[C@@H](COP(=O)(O)OCC[N+](C)(C)C)OC(=O)CCCCCCCCCCCC=CCCCCCCCC)[C@H](CO)OP(=O)(O)OCC[N+](C)(C)C. The van der Waals surface area contributed by atoms with Gasteiger partial charge in [-0.1, -0.05) is 164 Å². The van der Waals surface area contributed by atoms with Crippen LogP contribution in [0.4, 0.5) is 0 Å². The van der Waals surface area contributed by atoms with E-state index in [2.05, 4.69) is 62.5 Å². The van der Waals surface area contributed by atoms with Gasteiger partial charge in [0.1, 0.15) is 44.6 Å². The number of unbranched alkanes of at least 4 members (excludes halogenated alkanes) is 19. The van der Waals surface area contributed by atoms with Crippen LogP contribution in [0, 0.1) is 0 Å². The van der Waals surface area contributed by atoms with Crippen molar-refractivity contribution < 1.29 is 70.1 Å². The fourth-order valence-electron chi connectivity index (χ4n) is 7.58. The van der Waals surface area contributed by atoms with Crippen LogP contribution in [-0.2, 0) is 46.3 Å². The Labute approximate surface area is 457 Å². The molecule has 0 saturated carbocycles. The van der Waals surface area contributed by atoms with Crippen LogP contribution >= 0.6 is 15.6 Å². The van der Waals surface area contributed by atoms with E-state index in [1.54, 1.807) is 0 Å². The van der Waals surface area contributed by atoms with E-state index in [0.29, 0.717) is 41.3 Å². The van der Waals surface area contributed by atoms with Crippen LogP contribution in [0.5, 0.6) is 0 Å². The highest BCUT2D eigenvalue weighted by Gasteiger charge is 2.37. The summed E-state index contributed by atoms with van der Waals surface area (Å²) >= 11 is 0. The zero-order valence-electron chi connectivity index (χ0n) is 48.5. The Morgan fingerprint density at radius 2 is 0.893 bits per heavy atom. The molecule has 75 heavy (non-hydrogen) atoms. The highest BCUT2D eigenvalue weighted by molar-refractivity contribution is 7.47. The predicted molar refractivity (Wildman–Crippen MR) is 306 cm³/mol. The van der Waals surface area contributed by atoms with E-state index in [1.165, 1.54) is 89.9 Å². The van der Waals surface area contributed by atoms with Crippen LogP contribution in [0.3, 0.4) is 0 Å². The Morgan fingerprint density at radius 3 is 1.37 bits per heavy atom. The molecular formula is C58H110N2O13P2+2. The minimum atomic E-state index is -4.80. The molecule has 0 saturated heterocycles. The number of quaternary nitrogens is 2. The highest BCUT2D eigenvalue weighted by atomic mass is 31.2. The molecule has 0 heterocycles. The maximum atomic E-state index is 13.9. The zero-order chi connectivity index (χ0) is 55.9. The normalized spacial score (nSPS) is 15.7. The Kier molecular flexibility index (Phi) is 45.5. The lowest BCUT2D eigenvalue weighted by molar-refractivity contribution is -0.870. The van der Waals surface area contributed by atoms with Gasteiger partial charge >= 0.3 is 21.6 Å². The molecule has 0 spiro atoms. The van der Waals surface area contributed by atoms with Gasteiger partial charge in [0.05, 0.1) is 62.1 Å². The van der Waals surface area contributed by atoms with Crippen molar-refractivity contribution in [2.45, 2.75) is 212 Å². The molecule has 0 aromatic rings. The van der Waals surface area contributed by atoms with E-state index in [-0.39, 0.29) is 26.1 Å². The summed E-state index contributed by atoms with van der Waals surface area (Å²) in [5.41, 5.74) is 0. The van der Waals surface area contributed by atoms with Gasteiger partial charge in [0, 0.05) is 12.8 Å². The first-order valence-corrected chi connectivity index (χ1v) is 31.8. The first-order valence-electron chi connectivity index (χ1n) is 28.8. The number of aliphatic hydroxyl groups excluding tert-OH is 1. The predicted octanol–water partition coefficient (Wildman–Crippen LogP) is 13.6. The summed E-state index contributed by atoms with van der Waals surface area (Å²) in [6.07, 6.45) is 45.3. The number of likely N-dealkylation sites (N-methyl/N-ethyl adjacent to an activating group) is 2. The molecule has 0 bridgehead atoms. The monoisotopic (exact) mass is 1100 g/mol. The van der Waals surface area contributed by atoms with Crippen LogP contribution < -0.4 is 0 Å². The van der Waals surface area contributed by atoms with Crippen LogP contribution in [0.1, 0.15) is 194 Å². The molecule has 17 heteroatoms. The second-order valence-electron chi connectivity index (χ2n) is 21.8. The number of carbonyl (C=O) groups is 2. The minimum Gasteiger partial charge on any atom is -0.457 e. The third-order valence-corrected chi connectivity index (χ3v) is 14.2. The lowest BCUT2D eigenvalue weighted by Gasteiger charge is -2.29. The second-order valence-corrected chi connectivity index (χ2v) is 24.7. The number of phosphoric acid groups is 2. The molecule has 438 valence electrons. The summed E-state index contributed by atoms with van der Waals surface area (Å²) in [6.45, 7) is 2.97. The van der Waals surface area contributed by atoms with Crippen LogP contribution in [0.15, 0.2) is 60.8 Å². The maximum Gasteiger partial charge on any atom is 0.472 e. The van der Waals surface area contributed by atoms with Crippen molar-refractivity contribution in [3.05, 3.63) is 60.8 Å². The maximum absolute atomic E-state index is 13.9. The number of aliphatic hydroxyl groups is 1. The van der Waals surface area contributed by atoms with E-state index in [9.17, 15) is 33.6 Å². The molecule has 0 fully saturated rings. The van der Waals surface area contributed by atoms with Crippen LogP contribution in [0.2, 0.25) is 0 Å². The van der Waals surface area contributed by atoms with Crippen LogP contribution in [0.25, 0.3) is 0 Å². The largest absolute Gasteiger partial charge is 0.472 e. The van der Waals surface area contributed by atoms with Crippen molar-refractivity contribution in [3.8, 4) is 0 Å². The molecule has 0 aliphatic heterocycles. The molecule has 3 N–H and O–H groups in total. The number of phosphoric ester groups is 2. The lowest BCUT2D eigenvalue weighted by atomic mass is 10.0. The molecule has 15 nitrogen and oxygen atoms in total. The van der Waals surface area contributed by atoms with Crippen molar-refractivity contribution in [3.63, 3.8) is 0 Å². The van der Waals surface area contributed by atoms with Crippen molar-refractivity contribution in [1.29, 1.82) is 0 Å². The quantitative estimate of drug-likeness (QED) is 0.0172. The van der Waals surface area contributed by atoms with Gasteiger partial charge in [-0.05, 0) is 77.0 Å². The average molecular weight is 1110 g/mol. The van der Waals surface area contributed by atoms with Crippen molar-refractivity contribution in [2.24, 2.45) is 0 Å². The number of ether oxygens (including phenoxy) is 2. The number of carbonyl (C=O) groups excluding carboxylic acids is 2. The van der Waals surface area contributed by atoms with Gasteiger partial charge < -0.3 is 33.3 Å². The first-order chi connectivity index (χ1) is 35.7. The van der Waals surface area contributed by atoms with Gasteiger partial charge in [0.2, 0.25) is 0 Å². The summed E-state index contributed by atoms with van der Waals surface area (Å²) in [4.78, 5) is 48.2. The Balaban J connectivity index is 5.55. The number of allylic oxidation sites excluding steroid dienone is 10. The molecule has 0 aliphatic carbocycles. The smallest absolute Gasteiger partial charge is 0.457 e. The molecule has 0 rings (SSSR count). The second kappa shape index (κ2) is 46.8. The summed E-state index contributed by atoms with van der Waals surface area (Å²) in [5, 5.41) is 10.5. The molecule has 5 atom stereocenters. The molecule has 0 amide bonds. The number of rotatable bonds is 53. The molecule has 0 aromatic carbocycles. The molecule has 0 radical (unpaired) electrons. The topological polar surface area (TPSA) is 184 Å². The van der Waals surface area contributed by atoms with Crippen molar-refractivity contribution in [1.82, 2.24) is 0 Å². The molecule has 0 aromatic heterocycles. The first kappa shape index (κ1) is 72.9. The third kappa shape index (κ3) is 49.9. The van der Waals surface area contributed by atoms with Gasteiger partial charge in [-0.15, -0.1) is 0 Å². The van der Waals surface area contributed by atoms with E-state index in [4.69, 9.17) is 27.6 Å². The summed E-state index contributed by atoms with van der Waals surface area (Å²) in [7, 11) is 1.94. The lowest BCUT2D eigenvalue weighted by Crippen LogP contribution is -2.43. The number of esters is 1. The van der Waals surface area contributed by atoms with Gasteiger partial charge in [-0.25, -0.2) is 9.13 Å². The Bertz CT molecular complexity index is 1660. The van der Waals surface area contributed by atoms with E-state index in [1.807, 2.05) is 54.4 Å². The van der Waals surface area contributed by atoms with E-state index < -0.39 is 65.5 Å².